The van der Waals surface area contributed by atoms with E-state index < -0.39 is 5.97 Å². The monoisotopic (exact) mass is 350 g/mol. The van der Waals surface area contributed by atoms with Gasteiger partial charge in [-0.1, -0.05) is 22.4 Å². The van der Waals surface area contributed by atoms with Crippen molar-refractivity contribution < 1.29 is 9.90 Å². The van der Waals surface area contributed by atoms with E-state index in [1.165, 1.54) is 0 Å². The Morgan fingerprint density at radius 3 is 2.86 bits per heavy atom. The van der Waals surface area contributed by atoms with Crippen LogP contribution in [0.1, 0.15) is 50.9 Å². The van der Waals surface area contributed by atoms with Gasteiger partial charge >= 0.3 is 5.97 Å². The Kier molecular flexibility index (Phi) is 3.78. The number of hydrogen-bond acceptors (Lipinski definition) is 2. The SMILES string of the molecule is CC(C)n1c(C2CCCC2C(=O)O)nc2cc(Br)ccc21. The van der Waals surface area contributed by atoms with Crippen molar-refractivity contribution in [3.63, 3.8) is 0 Å². The first-order chi connectivity index (χ1) is 9.99. The number of halogens is 1. The van der Waals surface area contributed by atoms with E-state index in [1.54, 1.807) is 0 Å². The number of aromatic nitrogens is 2. The predicted octanol–water partition coefficient (Wildman–Crippen LogP) is 4.35. The smallest absolute Gasteiger partial charge is 0.307 e. The second kappa shape index (κ2) is 5.44. The van der Waals surface area contributed by atoms with E-state index >= 15 is 0 Å². The van der Waals surface area contributed by atoms with Crippen LogP contribution in [0.4, 0.5) is 0 Å². The third-order valence-electron chi connectivity index (χ3n) is 4.36. The minimum atomic E-state index is -0.693. The van der Waals surface area contributed by atoms with Gasteiger partial charge in [0.2, 0.25) is 0 Å². The number of carbonyl (C=O) groups is 1. The Morgan fingerprint density at radius 1 is 1.43 bits per heavy atom. The Hall–Kier alpha value is -1.36. The number of carboxylic acids is 1. The first-order valence-electron chi connectivity index (χ1n) is 7.39. The molecule has 0 saturated heterocycles. The Balaban J connectivity index is 2.17. The lowest BCUT2D eigenvalue weighted by atomic mass is 9.95. The minimum Gasteiger partial charge on any atom is -0.481 e. The van der Waals surface area contributed by atoms with Crippen LogP contribution in [0, 0.1) is 5.92 Å². The lowest BCUT2D eigenvalue weighted by Crippen LogP contribution is -2.20. The molecule has 4 nitrogen and oxygen atoms in total. The van der Waals surface area contributed by atoms with Crippen LogP contribution >= 0.6 is 15.9 Å². The molecule has 0 spiro atoms. The highest BCUT2D eigenvalue weighted by molar-refractivity contribution is 9.10. The highest BCUT2D eigenvalue weighted by Gasteiger charge is 2.37. The summed E-state index contributed by atoms with van der Waals surface area (Å²) in [6.45, 7) is 4.24. The highest BCUT2D eigenvalue weighted by Crippen LogP contribution is 2.41. The number of fused-ring (bicyclic) bond motifs is 1. The summed E-state index contributed by atoms with van der Waals surface area (Å²) in [5, 5.41) is 9.45. The van der Waals surface area contributed by atoms with Crippen molar-refractivity contribution in [2.75, 3.05) is 0 Å². The molecule has 2 unspecified atom stereocenters. The van der Waals surface area contributed by atoms with Crippen molar-refractivity contribution in [1.82, 2.24) is 9.55 Å². The maximum Gasteiger partial charge on any atom is 0.307 e. The van der Waals surface area contributed by atoms with Crippen molar-refractivity contribution >= 4 is 32.9 Å². The van der Waals surface area contributed by atoms with E-state index in [-0.39, 0.29) is 17.9 Å². The van der Waals surface area contributed by atoms with Crippen LogP contribution in [0.15, 0.2) is 22.7 Å². The molecular weight excluding hydrogens is 332 g/mol. The van der Waals surface area contributed by atoms with E-state index in [4.69, 9.17) is 4.98 Å². The van der Waals surface area contributed by atoms with Crippen molar-refractivity contribution in [3.8, 4) is 0 Å². The summed E-state index contributed by atoms with van der Waals surface area (Å²) >= 11 is 3.48. The maximum atomic E-state index is 11.5. The van der Waals surface area contributed by atoms with Crippen LogP contribution in [-0.4, -0.2) is 20.6 Å². The zero-order valence-electron chi connectivity index (χ0n) is 12.2. The second-order valence-corrected chi connectivity index (χ2v) is 6.96. The summed E-state index contributed by atoms with van der Waals surface area (Å²) in [5.41, 5.74) is 2.02. The van der Waals surface area contributed by atoms with E-state index in [2.05, 4.69) is 40.4 Å². The van der Waals surface area contributed by atoms with Gasteiger partial charge in [0, 0.05) is 16.4 Å². The molecule has 1 aliphatic rings. The van der Waals surface area contributed by atoms with Gasteiger partial charge in [-0.25, -0.2) is 4.98 Å². The van der Waals surface area contributed by atoms with Crippen LogP contribution in [-0.2, 0) is 4.79 Å². The molecule has 112 valence electrons. The average Bonchev–Trinajstić information content (AvgIpc) is 3.01. The van der Waals surface area contributed by atoms with Gasteiger partial charge in [-0.2, -0.15) is 0 Å². The van der Waals surface area contributed by atoms with Crippen LogP contribution in [0.5, 0.6) is 0 Å². The molecule has 1 saturated carbocycles. The predicted molar refractivity (Wildman–Crippen MR) is 85.5 cm³/mol. The van der Waals surface area contributed by atoms with Crippen LogP contribution in [0.25, 0.3) is 11.0 Å². The number of carboxylic acid groups (broad SMARTS) is 1. The van der Waals surface area contributed by atoms with Gasteiger partial charge in [-0.3, -0.25) is 4.79 Å². The van der Waals surface area contributed by atoms with Gasteiger partial charge in [-0.15, -0.1) is 0 Å². The molecule has 1 heterocycles. The van der Waals surface area contributed by atoms with Gasteiger partial charge in [0.25, 0.3) is 0 Å². The lowest BCUT2D eigenvalue weighted by Gasteiger charge is -2.20. The highest BCUT2D eigenvalue weighted by atomic mass is 79.9. The van der Waals surface area contributed by atoms with Crippen molar-refractivity contribution in [3.05, 3.63) is 28.5 Å². The zero-order valence-corrected chi connectivity index (χ0v) is 13.8. The van der Waals surface area contributed by atoms with E-state index in [0.717, 1.165) is 40.6 Å². The molecule has 1 aliphatic carbocycles. The number of imidazole rings is 1. The van der Waals surface area contributed by atoms with Crippen LogP contribution in [0.3, 0.4) is 0 Å². The summed E-state index contributed by atoms with van der Waals surface area (Å²) in [4.78, 5) is 16.3. The van der Waals surface area contributed by atoms with Gasteiger partial charge in [0.05, 0.1) is 17.0 Å². The Morgan fingerprint density at radius 2 is 2.19 bits per heavy atom. The summed E-state index contributed by atoms with van der Waals surface area (Å²) in [6.07, 6.45) is 2.63. The second-order valence-electron chi connectivity index (χ2n) is 6.05. The minimum absolute atomic E-state index is 0.0241. The molecule has 1 aromatic heterocycles. The summed E-state index contributed by atoms with van der Waals surface area (Å²) in [7, 11) is 0. The molecule has 21 heavy (non-hydrogen) atoms. The zero-order chi connectivity index (χ0) is 15.1. The summed E-state index contributed by atoms with van der Waals surface area (Å²) in [6, 6.07) is 6.33. The number of aliphatic carboxylic acids is 1. The maximum absolute atomic E-state index is 11.5. The normalized spacial score (nSPS) is 22.3. The van der Waals surface area contributed by atoms with Crippen molar-refractivity contribution in [1.29, 1.82) is 0 Å². The number of hydrogen-bond donors (Lipinski definition) is 1. The molecule has 0 bridgehead atoms. The standard InChI is InChI=1S/C16H19BrN2O2/c1-9(2)19-14-7-6-10(17)8-13(14)18-15(19)11-4-3-5-12(11)16(20)21/h6-9,11-12H,3-5H2,1-2H3,(H,20,21). The van der Waals surface area contributed by atoms with E-state index in [1.807, 2.05) is 12.1 Å². The van der Waals surface area contributed by atoms with Gasteiger partial charge < -0.3 is 9.67 Å². The molecule has 1 aromatic carbocycles. The molecule has 5 heteroatoms. The third-order valence-corrected chi connectivity index (χ3v) is 4.85. The fraction of sp³-hybridized carbons (Fsp3) is 0.500. The molecule has 0 amide bonds. The van der Waals surface area contributed by atoms with Crippen LogP contribution in [0.2, 0.25) is 0 Å². The number of rotatable bonds is 3. The number of nitrogens with zero attached hydrogens (tertiary/aromatic N) is 2. The molecule has 1 fully saturated rings. The quantitative estimate of drug-likeness (QED) is 0.895. The average molecular weight is 351 g/mol. The van der Waals surface area contributed by atoms with E-state index in [0.29, 0.717) is 0 Å². The fourth-order valence-electron chi connectivity index (χ4n) is 3.46. The molecule has 0 aliphatic heterocycles. The third kappa shape index (κ3) is 2.48. The number of benzene rings is 1. The first kappa shape index (κ1) is 14.6. The molecular formula is C16H19BrN2O2. The molecule has 1 N–H and O–H groups in total. The Labute approximate surface area is 132 Å². The summed E-state index contributed by atoms with van der Waals surface area (Å²) in [5.74, 6) is -0.0390. The van der Waals surface area contributed by atoms with Gasteiger partial charge in [0.15, 0.2) is 0 Å². The molecule has 0 radical (unpaired) electrons. The lowest BCUT2D eigenvalue weighted by molar-refractivity contribution is -0.142. The van der Waals surface area contributed by atoms with Gasteiger partial charge in [0.1, 0.15) is 5.82 Å². The first-order valence-corrected chi connectivity index (χ1v) is 8.18. The van der Waals surface area contributed by atoms with Crippen molar-refractivity contribution in [2.45, 2.75) is 45.1 Å². The largest absolute Gasteiger partial charge is 0.481 e. The van der Waals surface area contributed by atoms with Gasteiger partial charge in [-0.05, 0) is 44.9 Å². The molecule has 2 aromatic rings. The van der Waals surface area contributed by atoms with Crippen molar-refractivity contribution in [2.24, 2.45) is 5.92 Å². The molecule has 3 rings (SSSR count). The van der Waals surface area contributed by atoms with E-state index in [9.17, 15) is 9.90 Å². The van der Waals surface area contributed by atoms with Crippen LogP contribution < -0.4 is 0 Å². The summed E-state index contributed by atoms with van der Waals surface area (Å²) < 4.78 is 3.20. The Bertz CT molecular complexity index is 693. The topological polar surface area (TPSA) is 55.1 Å². The molecule has 2 atom stereocenters. The fourth-order valence-corrected chi connectivity index (χ4v) is 3.81.